The van der Waals surface area contributed by atoms with Crippen LogP contribution in [-0.4, -0.2) is 59.4 Å². The minimum Gasteiger partial charge on any atom is -0.496 e. The number of likely N-dealkylation sites (tertiary alicyclic amines) is 1. The van der Waals surface area contributed by atoms with Gasteiger partial charge in [-0.2, -0.15) is 5.10 Å². The Morgan fingerprint density at radius 1 is 1.22 bits per heavy atom. The molecule has 1 N–H and O–H groups in total. The minimum atomic E-state index is -0.249. The van der Waals surface area contributed by atoms with Gasteiger partial charge in [-0.05, 0) is 44.1 Å². The van der Waals surface area contributed by atoms with Crippen molar-refractivity contribution in [2.45, 2.75) is 44.8 Å². The standard InChI is InChI=1S/C24H32N4O4/c1-27-16-19(23(29)25-15-18-6-3-4-7-21(18)31-2)20(26-27)14-17-9-11-28(12-10-17)24(30)22-8-5-13-32-22/h3-4,6-7,16-17,22H,5,8-15H2,1-2H3,(H,25,29)/t22-/m0/s1. The van der Waals surface area contributed by atoms with E-state index in [1.807, 2.05) is 36.2 Å². The van der Waals surface area contributed by atoms with Gasteiger partial charge in [0.1, 0.15) is 11.9 Å². The van der Waals surface area contributed by atoms with Crippen LogP contribution in [0.25, 0.3) is 0 Å². The summed E-state index contributed by atoms with van der Waals surface area (Å²) in [6.45, 7) is 2.56. The molecule has 4 rings (SSSR count). The fourth-order valence-electron chi connectivity index (χ4n) is 4.60. The molecule has 0 aliphatic carbocycles. The lowest BCUT2D eigenvalue weighted by Crippen LogP contribution is -2.44. The largest absolute Gasteiger partial charge is 0.496 e. The molecular formula is C24H32N4O4. The number of methoxy groups -OCH3 is 1. The summed E-state index contributed by atoms with van der Waals surface area (Å²) in [5.74, 6) is 1.16. The molecule has 1 aromatic carbocycles. The number of hydrogen-bond donors (Lipinski definition) is 1. The number of rotatable bonds is 7. The number of aryl methyl sites for hydroxylation is 1. The number of amides is 2. The summed E-state index contributed by atoms with van der Waals surface area (Å²) in [4.78, 5) is 27.4. The lowest BCUT2D eigenvalue weighted by molar-refractivity contribution is -0.142. The number of piperidine rings is 1. The Bertz CT molecular complexity index is 943. The smallest absolute Gasteiger partial charge is 0.255 e. The fraction of sp³-hybridized carbons (Fsp3) is 0.542. The number of carbonyl (C=O) groups is 2. The molecule has 2 aliphatic rings. The van der Waals surface area contributed by atoms with Crippen molar-refractivity contribution in [3.05, 3.63) is 47.3 Å². The molecule has 0 unspecified atom stereocenters. The molecule has 1 atom stereocenters. The van der Waals surface area contributed by atoms with Crippen LogP contribution in [0.4, 0.5) is 0 Å². The number of carbonyl (C=O) groups excluding carboxylic acids is 2. The SMILES string of the molecule is COc1ccccc1CNC(=O)c1cn(C)nc1CC1CCN(C(=O)[C@@H]2CCCO2)CC1. The molecule has 32 heavy (non-hydrogen) atoms. The van der Waals surface area contributed by atoms with Crippen molar-refractivity contribution in [2.75, 3.05) is 26.8 Å². The van der Waals surface area contributed by atoms with E-state index in [0.717, 1.165) is 62.2 Å². The molecular weight excluding hydrogens is 408 g/mol. The van der Waals surface area contributed by atoms with Crippen molar-refractivity contribution >= 4 is 11.8 Å². The van der Waals surface area contributed by atoms with Crippen molar-refractivity contribution in [2.24, 2.45) is 13.0 Å². The highest BCUT2D eigenvalue weighted by Gasteiger charge is 2.31. The maximum Gasteiger partial charge on any atom is 0.255 e. The molecule has 2 aromatic rings. The topological polar surface area (TPSA) is 85.7 Å². The normalized spacial score (nSPS) is 19.2. The average Bonchev–Trinajstić information content (AvgIpc) is 3.48. The van der Waals surface area contributed by atoms with Gasteiger partial charge in [0.25, 0.3) is 11.8 Å². The molecule has 2 saturated heterocycles. The second-order valence-corrected chi connectivity index (χ2v) is 8.63. The molecule has 8 nitrogen and oxygen atoms in total. The Labute approximate surface area is 188 Å². The molecule has 8 heteroatoms. The first kappa shape index (κ1) is 22.3. The average molecular weight is 441 g/mol. The Hall–Kier alpha value is -2.87. The van der Waals surface area contributed by atoms with Gasteiger partial charge in [-0.15, -0.1) is 0 Å². The summed E-state index contributed by atoms with van der Waals surface area (Å²) < 4.78 is 12.6. The van der Waals surface area contributed by atoms with Crippen molar-refractivity contribution in [3.63, 3.8) is 0 Å². The van der Waals surface area contributed by atoms with Crippen LogP contribution in [0.15, 0.2) is 30.5 Å². The molecule has 172 valence electrons. The zero-order valence-electron chi connectivity index (χ0n) is 18.9. The van der Waals surface area contributed by atoms with Crippen LogP contribution in [0, 0.1) is 5.92 Å². The van der Waals surface area contributed by atoms with E-state index in [2.05, 4.69) is 10.4 Å². The monoisotopic (exact) mass is 440 g/mol. The van der Waals surface area contributed by atoms with Crippen molar-refractivity contribution in [3.8, 4) is 5.75 Å². The highest BCUT2D eigenvalue weighted by molar-refractivity contribution is 5.95. The molecule has 2 aliphatic heterocycles. The number of para-hydroxylation sites is 1. The summed E-state index contributed by atoms with van der Waals surface area (Å²) in [7, 11) is 3.46. The van der Waals surface area contributed by atoms with Crippen molar-refractivity contribution in [1.82, 2.24) is 20.0 Å². The van der Waals surface area contributed by atoms with Gasteiger partial charge in [0.2, 0.25) is 0 Å². The van der Waals surface area contributed by atoms with Gasteiger partial charge >= 0.3 is 0 Å². The van der Waals surface area contributed by atoms with Crippen molar-refractivity contribution < 1.29 is 19.1 Å². The maximum absolute atomic E-state index is 12.9. The first-order valence-corrected chi connectivity index (χ1v) is 11.4. The first-order chi connectivity index (χ1) is 15.5. The molecule has 2 fully saturated rings. The van der Waals surface area contributed by atoms with Crippen LogP contribution < -0.4 is 10.1 Å². The number of benzene rings is 1. The number of nitrogens with one attached hydrogen (secondary N) is 1. The van der Waals surface area contributed by atoms with E-state index < -0.39 is 0 Å². The van der Waals surface area contributed by atoms with E-state index in [-0.39, 0.29) is 17.9 Å². The summed E-state index contributed by atoms with van der Waals surface area (Å²) in [5, 5.41) is 7.56. The van der Waals surface area contributed by atoms with E-state index in [4.69, 9.17) is 9.47 Å². The van der Waals surface area contributed by atoms with Crippen LogP contribution in [0.3, 0.4) is 0 Å². The predicted octanol–water partition coefficient (Wildman–Crippen LogP) is 2.32. The van der Waals surface area contributed by atoms with E-state index in [1.54, 1.807) is 18.0 Å². The Morgan fingerprint density at radius 2 is 2.00 bits per heavy atom. The lowest BCUT2D eigenvalue weighted by Gasteiger charge is -2.33. The zero-order chi connectivity index (χ0) is 22.5. The molecule has 0 radical (unpaired) electrons. The van der Waals surface area contributed by atoms with E-state index >= 15 is 0 Å². The van der Waals surface area contributed by atoms with Gasteiger partial charge in [-0.1, -0.05) is 18.2 Å². The quantitative estimate of drug-likeness (QED) is 0.714. The van der Waals surface area contributed by atoms with Gasteiger partial charge in [0.15, 0.2) is 0 Å². The molecule has 0 spiro atoms. The first-order valence-electron chi connectivity index (χ1n) is 11.4. The third-order valence-corrected chi connectivity index (χ3v) is 6.40. The van der Waals surface area contributed by atoms with E-state index in [1.165, 1.54) is 0 Å². The van der Waals surface area contributed by atoms with Gasteiger partial charge in [0.05, 0.1) is 18.4 Å². The van der Waals surface area contributed by atoms with Gasteiger partial charge < -0.3 is 19.7 Å². The number of hydrogen-bond acceptors (Lipinski definition) is 5. The van der Waals surface area contributed by atoms with Gasteiger partial charge in [-0.25, -0.2) is 0 Å². The predicted molar refractivity (Wildman–Crippen MR) is 119 cm³/mol. The second-order valence-electron chi connectivity index (χ2n) is 8.63. The van der Waals surface area contributed by atoms with Crippen LogP contribution in [0.1, 0.15) is 47.3 Å². The van der Waals surface area contributed by atoms with Crippen LogP contribution in [0.2, 0.25) is 0 Å². The Morgan fingerprint density at radius 3 is 2.72 bits per heavy atom. The zero-order valence-corrected chi connectivity index (χ0v) is 18.9. The minimum absolute atomic E-state index is 0.134. The Kier molecular flexibility index (Phi) is 7.09. The lowest BCUT2D eigenvalue weighted by atomic mass is 9.91. The highest BCUT2D eigenvalue weighted by Crippen LogP contribution is 2.25. The van der Waals surface area contributed by atoms with Crippen LogP contribution in [0.5, 0.6) is 5.75 Å². The molecule has 3 heterocycles. The molecule has 2 amide bonds. The van der Waals surface area contributed by atoms with Gasteiger partial charge in [0, 0.05) is 45.0 Å². The summed E-state index contributed by atoms with van der Waals surface area (Å²) >= 11 is 0. The summed E-state index contributed by atoms with van der Waals surface area (Å²) in [5.41, 5.74) is 2.35. The van der Waals surface area contributed by atoms with Crippen LogP contribution >= 0.6 is 0 Å². The van der Waals surface area contributed by atoms with Crippen LogP contribution in [-0.2, 0) is 29.5 Å². The molecule has 0 saturated carbocycles. The third kappa shape index (κ3) is 5.12. The van der Waals surface area contributed by atoms with Crippen molar-refractivity contribution in [1.29, 1.82) is 0 Å². The number of ether oxygens (including phenoxy) is 2. The summed E-state index contributed by atoms with van der Waals surface area (Å²) in [6.07, 6.45) is 5.90. The Balaban J connectivity index is 1.33. The molecule has 1 aromatic heterocycles. The maximum atomic E-state index is 12.9. The summed E-state index contributed by atoms with van der Waals surface area (Å²) in [6, 6.07) is 7.65. The van der Waals surface area contributed by atoms with E-state index in [0.29, 0.717) is 24.6 Å². The third-order valence-electron chi connectivity index (χ3n) is 6.40. The molecule has 0 bridgehead atoms. The number of nitrogens with zero attached hydrogens (tertiary/aromatic N) is 3. The van der Waals surface area contributed by atoms with Gasteiger partial charge in [-0.3, -0.25) is 14.3 Å². The fourth-order valence-corrected chi connectivity index (χ4v) is 4.60. The highest BCUT2D eigenvalue weighted by atomic mass is 16.5. The van der Waals surface area contributed by atoms with E-state index in [9.17, 15) is 9.59 Å². The number of aromatic nitrogens is 2. The second kappa shape index (κ2) is 10.2.